The van der Waals surface area contributed by atoms with Crippen molar-refractivity contribution < 1.29 is 13.2 Å². The van der Waals surface area contributed by atoms with E-state index >= 15 is 0 Å². The lowest BCUT2D eigenvalue weighted by Gasteiger charge is -2.11. The summed E-state index contributed by atoms with van der Waals surface area (Å²) in [5.74, 6) is 0.516. The Morgan fingerprint density at radius 2 is 1.72 bits per heavy atom. The van der Waals surface area contributed by atoms with E-state index in [2.05, 4.69) is 9.71 Å². The number of benzene rings is 2. The zero-order valence-electron chi connectivity index (χ0n) is 14.4. The fourth-order valence-electron chi connectivity index (χ4n) is 2.26. The second kappa shape index (κ2) is 8.38. The molecule has 3 aromatic rings. The van der Waals surface area contributed by atoms with E-state index in [1.54, 1.807) is 0 Å². The fraction of sp³-hybridized carbons (Fsp3) is 0. The first-order chi connectivity index (χ1) is 13.8. The number of nitrogens with one attached hydrogen (secondary N) is 1. The number of halogens is 2. The van der Waals surface area contributed by atoms with Gasteiger partial charge in [0.25, 0.3) is 10.0 Å². The van der Waals surface area contributed by atoms with E-state index in [0.717, 1.165) is 0 Å². The zero-order chi connectivity index (χ0) is 21.0. The van der Waals surface area contributed by atoms with Gasteiger partial charge in [-0.2, -0.15) is 10.5 Å². The van der Waals surface area contributed by atoms with Crippen molar-refractivity contribution in [3.63, 3.8) is 0 Å². The fourth-order valence-corrected chi connectivity index (χ4v) is 3.62. The van der Waals surface area contributed by atoms with Gasteiger partial charge in [0.05, 0.1) is 26.1 Å². The average Bonchev–Trinajstić information content (AvgIpc) is 2.70. The molecule has 7 nitrogen and oxygen atoms in total. The lowest BCUT2D eigenvalue weighted by atomic mass is 10.2. The highest BCUT2D eigenvalue weighted by Gasteiger charge is 2.18. The predicted molar refractivity (Wildman–Crippen MR) is 107 cm³/mol. The van der Waals surface area contributed by atoms with Gasteiger partial charge in [0.1, 0.15) is 29.5 Å². The molecular weight excluding hydrogens is 435 g/mol. The normalized spacial score (nSPS) is 10.6. The molecule has 0 aliphatic rings. The van der Waals surface area contributed by atoms with Crippen LogP contribution in [-0.2, 0) is 10.0 Å². The second-order valence-electron chi connectivity index (χ2n) is 5.59. The van der Waals surface area contributed by atoms with Gasteiger partial charge in [0, 0.05) is 12.3 Å². The average molecular weight is 445 g/mol. The number of nitriles is 2. The van der Waals surface area contributed by atoms with Gasteiger partial charge in [-0.1, -0.05) is 23.2 Å². The number of hydrogen-bond acceptors (Lipinski definition) is 6. The minimum absolute atomic E-state index is 0.00239. The molecule has 0 aliphatic carbocycles. The highest BCUT2D eigenvalue weighted by molar-refractivity contribution is 7.92. The topological polar surface area (TPSA) is 116 Å². The third-order valence-electron chi connectivity index (χ3n) is 3.64. The third kappa shape index (κ3) is 4.76. The molecule has 0 bridgehead atoms. The molecule has 1 aromatic heterocycles. The monoisotopic (exact) mass is 444 g/mol. The standard InChI is InChI=1S/C19H10Cl2N4O3S/c20-14-2-6-19(24-11-14)25-29(26,27)16-4-5-18(13(7-16)10-23)28-15-3-1-12(9-22)17(21)8-15/h1-8,11H,(H,24,25). The van der Waals surface area contributed by atoms with Crippen LogP contribution in [0.25, 0.3) is 0 Å². The third-order valence-corrected chi connectivity index (χ3v) is 5.53. The number of anilines is 1. The molecule has 0 atom stereocenters. The summed E-state index contributed by atoms with van der Waals surface area (Å²) >= 11 is 11.7. The van der Waals surface area contributed by atoms with E-state index in [0.29, 0.717) is 10.8 Å². The van der Waals surface area contributed by atoms with E-state index in [1.807, 2.05) is 12.1 Å². The van der Waals surface area contributed by atoms with Crippen molar-refractivity contribution in [1.29, 1.82) is 10.5 Å². The van der Waals surface area contributed by atoms with Gasteiger partial charge < -0.3 is 4.74 Å². The predicted octanol–water partition coefficient (Wildman–Crippen LogP) is 4.72. The van der Waals surface area contributed by atoms with Gasteiger partial charge in [-0.05, 0) is 42.5 Å². The van der Waals surface area contributed by atoms with Crippen LogP contribution in [0.3, 0.4) is 0 Å². The van der Waals surface area contributed by atoms with Gasteiger partial charge in [-0.15, -0.1) is 0 Å². The Kier molecular flexibility index (Phi) is 5.90. The summed E-state index contributed by atoms with van der Waals surface area (Å²) in [6.45, 7) is 0. The molecule has 1 heterocycles. The summed E-state index contributed by atoms with van der Waals surface area (Å²) in [4.78, 5) is 3.74. The van der Waals surface area contributed by atoms with Crippen molar-refractivity contribution in [3.8, 4) is 23.6 Å². The molecule has 2 aromatic carbocycles. The van der Waals surface area contributed by atoms with Gasteiger partial charge in [-0.25, -0.2) is 13.4 Å². The number of nitrogens with zero attached hydrogens (tertiary/aromatic N) is 3. The minimum Gasteiger partial charge on any atom is -0.456 e. The van der Waals surface area contributed by atoms with Crippen LogP contribution in [0.15, 0.2) is 59.6 Å². The van der Waals surface area contributed by atoms with E-state index in [9.17, 15) is 13.7 Å². The Labute approximate surface area is 176 Å². The van der Waals surface area contributed by atoms with Gasteiger partial charge >= 0.3 is 0 Å². The second-order valence-corrected chi connectivity index (χ2v) is 8.12. The Morgan fingerprint density at radius 1 is 0.966 bits per heavy atom. The molecular formula is C19H10Cl2N4O3S. The number of aromatic nitrogens is 1. The Hall–Kier alpha value is -3.30. The SMILES string of the molecule is N#Cc1ccc(Oc2ccc(S(=O)(=O)Nc3ccc(Cl)cn3)cc2C#N)cc1Cl. The van der Waals surface area contributed by atoms with Crippen LogP contribution in [0.2, 0.25) is 10.0 Å². The van der Waals surface area contributed by atoms with E-state index in [4.69, 9.17) is 33.2 Å². The van der Waals surface area contributed by atoms with Crippen molar-refractivity contribution >= 4 is 39.0 Å². The minimum atomic E-state index is -3.98. The summed E-state index contributed by atoms with van der Waals surface area (Å²) in [6, 6.07) is 15.0. The first-order valence-corrected chi connectivity index (χ1v) is 10.1. The summed E-state index contributed by atoms with van der Waals surface area (Å²) in [7, 11) is -3.98. The quantitative estimate of drug-likeness (QED) is 0.607. The van der Waals surface area contributed by atoms with Crippen molar-refractivity contribution in [2.75, 3.05) is 4.72 Å². The number of hydrogen-bond donors (Lipinski definition) is 1. The van der Waals surface area contributed by atoms with Crippen molar-refractivity contribution in [3.05, 3.63) is 75.9 Å². The summed E-state index contributed by atoms with van der Waals surface area (Å²) in [5, 5.41) is 18.9. The molecule has 0 saturated heterocycles. The smallest absolute Gasteiger partial charge is 0.263 e. The highest BCUT2D eigenvalue weighted by atomic mass is 35.5. The Balaban J connectivity index is 1.88. The van der Waals surface area contributed by atoms with Crippen molar-refractivity contribution in [2.24, 2.45) is 0 Å². The van der Waals surface area contributed by atoms with Crippen LogP contribution in [0, 0.1) is 22.7 Å². The van der Waals surface area contributed by atoms with E-state index < -0.39 is 10.0 Å². The molecule has 0 saturated carbocycles. The summed E-state index contributed by atoms with van der Waals surface area (Å²) in [6.07, 6.45) is 1.31. The molecule has 0 radical (unpaired) electrons. The Bertz CT molecular complexity index is 1260. The van der Waals surface area contributed by atoms with Gasteiger partial charge in [-0.3, -0.25) is 4.72 Å². The van der Waals surface area contributed by atoms with Gasteiger partial charge in [0.2, 0.25) is 0 Å². The van der Waals surface area contributed by atoms with Crippen molar-refractivity contribution in [2.45, 2.75) is 4.90 Å². The van der Waals surface area contributed by atoms with E-state index in [1.165, 1.54) is 54.7 Å². The van der Waals surface area contributed by atoms with Crippen LogP contribution >= 0.6 is 23.2 Å². The number of rotatable bonds is 5. The molecule has 29 heavy (non-hydrogen) atoms. The molecule has 10 heteroatoms. The molecule has 0 unspecified atom stereocenters. The molecule has 144 valence electrons. The zero-order valence-corrected chi connectivity index (χ0v) is 16.8. The molecule has 1 N–H and O–H groups in total. The molecule has 0 amide bonds. The number of pyridine rings is 1. The Morgan fingerprint density at radius 3 is 2.34 bits per heavy atom. The van der Waals surface area contributed by atoms with Crippen LogP contribution in [0.5, 0.6) is 11.5 Å². The first kappa shape index (κ1) is 20.4. The maximum Gasteiger partial charge on any atom is 0.263 e. The lowest BCUT2D eigenvalue weighted by molar-refractivity contribution is 0.480. The van der Waals surface area contributed by atoms with Crippen LogP contribution < -0.4 is 9.46 Å². The first-order valence-electron chi connectivity index (χ1n) is 7.88. The van der Waals surface area contributed by atoms with Crippen LogP contribution in [-0.4, -0.2) is 13.4 Å². The molecule has 0 fully saturated rings. The highest BCUT2D eigenvalue weighted by Crippen LogP contribution is 2.30. The maximum absolute atomic E-state index is 12.6. The van der Waals surface area contributed by atoms with Gasteiger partial charge in [0.15, 0.2) is 0 Å². The summed E-state index contributed by atoms with van der Waals surface area (Å²) in [5.41, 5.74) is 0.278. The van der Waals surface area contributed by atoms with Crippen molar-refractivity contribution in [1.82, 2.24) is 4.98 Å². The largest absolute Gasteiger partial charge is 0.456 e. The van der Waals surface area contributed by atoms with Crippen LogP contribution in [0.4, 0.5) is 5.82 Å². The summed E-state index contributed by atoms with van der Waals surface area (Å²) < 4.78 is 33.0. The van der Waals surface area contributed by atoms with E-state index in [-0.39, 0.29) is 32.6 Å². The molecule has 3 rings (SSSR count). The molecule has 0 spiro atoms. The maximum atomic E-state index is 12.6. The lowest BCUT2D eigenvalue weighted by Crippen LogP contribution is -2.14. The number of sulfonamides is 1. The number of ether oxygens (including phenoxy) is 1. The molecule has 0 aliphatic heterocycles. The van der Waals surface area contributed by atoms with Crippen LogP contribution in [0.1, 0.15) is 11.1 Å².